The van der Waals surface area contributed by atoms with Gasteiger partial charge in [0.1, 0.15) is 0 Å². The Bertz CT molecular complexity index is 811. The summed E-state index contributed by atoms with van der Waals surface area (Å²) in [6.07, 6.45) is 1.89. The summed E-state index contributed by atoms with van der Waals surface area (Å²) in [6.45, 7) is 0.474. The van der Waals surface area contributed by atoms with Gasteiger partial charge < -0.3 is 10.6 Å². The maximum Gasteiger partial charge on any atom is 0.319 e. The second-order valence-electron chi connectivity index (χ2n) is 4.98. The molecule has 2 N–H and O–H groups in total. The Morgan fingerprint density at radius 3 is 2.77 bits per heavy atom. The van der Waals surface area contributed by atoms with Gasteiger partial charge in [-0.2, -0.15) is 5.10 Å². The molecule has 6 heteroatoms. The maximum absolute atomic E-state index is 12.0. The molecule has 0 atom stereocenters. The molecular weight excluding hydrogens is 344 g/mol. The standard InChI is InChI=1S/C16H15BrN4O/c1-21-10-13-14(3-2-4-15(13)20-21)19-16(22)18-9-11-5-7-12(17)8-6-11/h2-8,10H,9H2,1H3,(H2,18,19,22). The third-order valence-corrected chi connectivity index (χ3v) is 3.81. The van der Waals surface area contributed by atoms with Crippen LogP contribution in [0.2, 0.25) is 0 Å². The molecule has 2 aromatic carbocycles. The number of halogens is 1. The Balaban J connectivity index is 1.67. The van der Waals surface area contributed by atoms with E-state index in [0.717, 1.165) is 26.6 Å². The molecule has 0 spiro atoms. The molecule has 0 aliphatic heterocycles. The highest BCUT2D eigenvalue weighted by atomic mass is 79.9. The van der Waals surface area contributed by atoms with Crippen LogP contribution < -0.4 is 10.6 Å². The molecule has 0 radical (unpaired) electrons. The lowest BCUT2D eigenvalue weighted by atomic mass is 10.2. The Labute approximate surface area is 136 Å². The summed E-state index contributed by atoms with van der Waals surface area (Å²) in [5.74, 6) is 0. The third kappa shape index (κ3) is 3.28. The number of nitrogens with zero attached hydrogens (tertiary/aromatic N) is 2. The lowest BCUT2D eigenvalue weighted by Gasteiger charge is -2.08. The van der Waals surface area contributed by atoms with Crippen molar-refractivity contribution in [1.82, 2.24) is 15.1 Å². The van der Waals surface area contributed by atoms with Gasteiger partial charge in [-0.25, -0.2) is 4.79 Å². The first-order valence-corrected chi connectivity index (χ1v) is 7.63. The molecule has 1 aromatic heterocycles. The minimum atomic E-state index is -0.237. The van der Waals surface area contributed by atoms with Crippen molar-refractivity contribution in [2.24, 2.45) is 7.05 Å². The van der Waals surface area contributed by atoms with E-state index in [1.807, 2.05) is 55.7 Å². The lowest BCUT2D eigenvalue weighted by Crippen LogP contribution is -2.28. The first-order chi connectivity index (χ1) is 10.6. The van der Waals surface area contributed by atoms with Gasteiger partial charge in [0.2, 0.25) is 0 Å². The maximum atomic E-state index is 12.0. The Morgan fingerprint density at radius 1 is 1.23 bits per heavy atom. The molecule has 22 heavy (non-hydrogen) atoms. The first kappa shape index (κ1) is 14.6. The van der Waals surface area contributed by atoms with Gasteiger partial charge in [-0.3, -0.25) is 4.68 Å². The molecule has 0 aliphatic carbocycles. The highest BCUT2D eigenvalue weighted by molar-refractivity contribution is 9.10. The average molecular weight is 359 g/mol. The number of fused-ring (bicyclic) bond motifs is 1. The zero-order chi connectivity index (χ0) is 15.5. The fraction of sp³-hybridized carbons (Fsp3) is 0.125. The highest BCUT2D eigenvalue weighted by Gasteiger charge is 2.07. The SMILES string of the molecule is Cn1cc2c(NC(=O)NCc3ccc(Br)cc3)cccc2n1. The van der Waals surface area contributed by atoms with Gasteiger partial charge >= 0.3 is 6.03 Å². The van der Waals surface area contributed by atoms with E-state index in [1.165, 1.54) is 0 Å². The Morgan fingerprint density at radius 2 is 2.00 bits per heavy atom. The number of nitrogens with one attached hydrogen (secondary N) is 2. The number of aromatic nitrogens is 2. The van der Waals surface area contributed by atoms with Gasteiger partial charge in [-0.15, -0.1) is 0 Å². The van der Waals surface area contributed by atoms with Gasteiger partial charge in [0.25, 0.3) is 0 Å². The van der Waals surface area contributed by atoms with E-state index in [-0.39, 0.29) is 6.03 Å². The predicted molar refractivity (Wildman–Crippen MR) is 90.7 cm³/mol. The number of anilines is 1. The van der Waals surface area contributed by atoms with Crippen molar-refractivity contribution in [2.45, 2.75) is 6.54 Å². The molecule has 5 nitrogen and oxygen atoms in total. The predicted octanol–water partition coefficient (Wildman–Crippen LogP) is 3.66. The van der Waals surface area contributed by atoms with Gasteiger partial charge in [0.05, 0.1) is 11.2 Å². The molecule has 0 fully saturated rings. The number of carbonyl (C=O) groups is 1. The van der Waals surface area contributed by atoms with Crippen molar-refractivity contribution in [1.29, 1.82) is 0 Å². The van der Waals surface area contributed by atoms with Crippen molar-refractivity contribution >= 4 is 38.6 Å². The molecule has 0 unspecified atom stereocenters. The number of amides is 2. The quantitative estimate of drug-likeness (QED) is 0.750. The van der Waals surface area contributed by atoms with E-state index in [4.69, 9.17) is 0 Å². The summed E-state index contributed by atoms with van der Waals surface area (Å²) in [4.78, 5) is 12.0. The molecule has 3 rings (SSSR count). The van der Waals surface area contributed by atoms with Crippen molar-refractivity contribution in [3.63, 3.8) is 0 Å². The molecule has 0 saturated heterocycles. The number of rotatable bonds is 3. The minimum absolute atomic E-state index is 0.237. The first-order valence-electron chi connectivity index (χ1n) is 6.83. The molecule has 112 valence electrons. The van der Waals surface area contributed by atoms with Crippen LogP contribution in [-0.4, -0.2) is 15.8 Å². The summed E-state index contributed by atoms with van der Waals surface area (Å²) in [5, 5.41) is 11.0. The number of aryl methyl sites for hydroxylation is 1. The molecule has 1 heterocycles. The minimum Gasteiger partial charge on any atom is -0.334 e. The summed E-state index contributed by atoms with van der Waals surface area (Å²) in [7, 11) is 1.86. The molecular formula is C16H15BrN4O. The summed E-state index contributed by atoms with van der Waals surface area (Å²) in [6, 6.07) is 13.2. The van der Waals surface area contributed by atoms with Crippen LogP contribution in [-0.2, 0) is 13.6 Å². The molecule has 0 aliphatic rings. The van der Waals surface area contributed by atoms with Gasteiger partial charge in [0, 0.05) is 29.6 Å². The average Bonchev–Trinajstić information content (AvgIpc) is 2.88. The van der Waals surface area contributed by atoms with Crippen LogP contribution in [0.4, 0.5) is 10.5 Å². The summed E-state index contributed by atoms with van der Waals surface area (Å²) < 4.78 is 2.75. The number of urea groups is 1. The summed E-state index contributed by atoms with van der Waals surface area (Å²) >= 11 is 3.39. The lowest BCUT2D eigenvalue weighted by molar-refractivity contribution is 0.252. The fourth-order valence-electron chi connectivity index (χ4n) is 2.22. The van der Waals surface area contributed by atoms with Crippen LogP contribution in [0.25, 0.3) is 10.9 Å². The molecule has 2 amide bonds. The normalized spacial score (nSPS) is 10.6. The number of benzene rings is 2. The molecule has 0 saturated carbocycles. The van der Waals surface area contributed by atoms with E-state index in [2.05, 4.69) is 31.7 Å². The van der Waals surface area contributed by atoms with Crippen LogP contribution in [0.15, 0.2) is 53.1 Å². The topological polar surface area (TPSA) is 59.0 Å². The van der Waals surface area contributed by atoms with E-state index >= 15 is 0 Å². The van der Waals surface area contributed by atoms with Crippen LogP contribution in [0.5, 0.6) is 0 Å². The molecule has 0 bridgehead atoms. The van der Waals surface area contributed by atoms with Crippen LogP contribution in [0, 0.1) is 0 Å². The second kappa shape index (κ2) is 6.19. The van der Waals surface area contributed by atoms with Crippen molar-refractivity contribution in [3.05, 3.63) is 58.7 Å². The zero-order valence-corrected chi connectivity index (χ0v) is 13.6. The summed E-state index contributed by atoms with van der Waals surface area (Å²) in [5.41, 5.74) is 2.64. The number of hydrogen-bond donors (Lipinski definition) is 2. The zero-order valence-electron chi connectivity index (χ0n) is 12.0. The smallest absolute Gasteiger partial charge is 0.319 e. The van der Waals surface area contributed by atoms with E-state index in [1.54, 1.807) is 4.68 Å². The van der Waals surface area contributed by atoms with Crippen molar-refractivity contribution < 1.29 is 4.79 Å². The fourth-order valence-corrected chi connectivity index (χ4v) is 2.49. The van der Waals surface area contributed by atoms with E-state index < -0.39 is 0 Å². The van der Waals surface area contributed by atoms with Crippen molar-refractivity contribution in [2.75, 3.05) is 5.32 Å². The highest BCUT2D eigenvalue weighted by Crippen LogP contribution is 2.21. The third-order valence-electron chi connectivity index (χ3n) is 3.28. The van der Waals surface area contributed by atoms with E-state index in [0.29, 0.717) is 6.54 Å². The Hall–Kier alpha value is -2.34. The number of hydrogen-bond acceptors (Lipinski definition) is 2. The van der Waals surface area contributed by atoms with Gasteiger partial charge in [0.15, 0.2) is 0 Å². The number of carbonyl (C=O) groups excluding carboxylic acids is 1. The van der Waals surface area contributed by atoms with Gasteiger partial charge in [-0.05, 0) is 29.8 Å². The Kier molecular flexibility index (Phi) is 4.11. The van der Waals surface area contributed by atoms with Crippen LogP contribution >= 0.6 is 15.9 Å². The van der Waals surface area contributed by atoms with E-state index in [9.17, 15) is 4.79 Å². The van der Waals surface area contributed by atoms with Crippen LogP contribution in [0.1, 0.15) is 5.56 Å². The van der Waals surface area contributed by atoms with Crippen molar-refractivity contribution in [3.8, 4) is 0 Å². The monoisotopic (exact) mass is 358 g/mol. The van der Waals surface area contributed by atoms with Crippen LogP contribution in [0.3, 0.4) is 0 Å². The molecule has 3 aromatic rings. The van der Waals surface area contributed by atoms with Gasteiger partial charge in [-0.1, -0.05) is 34.1 Å². The second-order valence-corrected chi connectivity index (χ2v) is 5.89. The largest absolute Gasteiger partial charge is 0.334 e.